The zero-order chi connectivity index (χ0) is 22.4. The van der Waals surface area contributed by atoms with E-state index in [1.54, 1.807) is 12.1 Å². The van der Waals surface area contributed by atoms with Crippen LogP contribution in [0.5, 0.6) is 11.5 Å². The number of aliphatic hydroxyl groups is 1. The van der Waals surface area contributed by atoms with Gasteiger partial charge in [-0.1, -0.05) is 42.5 Å². The standard InChI is InChI=1S/C27H30FNO3/c1-20(26-18-27(30,15-16-29-26)17-21-7-9-23(28)10-8-21)32-25-13-11-24(12-14-25)31-19-22-5-3-2-4-6-22/h2-14,20,26,29-30H,15-19H2,1H3. The van der Waals surface area contributed by atoms with Gasteiger partial charge in [0.25, 0.3) is 0 Å². The molecule has 3 unspecified atom stereocenters. The Kier molecular flexibility index (Phi) is 7.08. The smallest absolute Gasteiger partial charge is 0.123 e. The summed E-state index contributed by atoms with van der Waals surface area (Å²) in [6.07, 6.45) is 1.61. The Labute approximate surface area is 189 Å². The van der Waals surface area contributed by atoms with Gasteiger partial charge < -0.3 is 19.9 Å². The second-order valence-electron chi connectivity index (χ2n) is 8.61. The fourth-order valence-corrected chi connectivity index (χ4v) is 4.20. The molecule has 4 rings (SSSR count). The van der Waals surface area contributed by atoms with E-state index in [9.17, 15) is 9.50 Å². The largest absolute Gasteiger partial charge is 0.489 e. The summed E-state index contributed by atoms with van der Waals surface area (Å²) >= 11 is 0. The number of benzene rings is 3. The van der Waals surface area contributed by atoms with Gasteiger partial charge in [0.15, 0.2) is 0 Å². The van der Waals surface area contributed by atoms with Crippen LogP contribution in [0.15, 0.2) is 78.9 Å². The van der Waals surface area contributed by atoms with Crippen LogP contribution >= 0.6 is 0 Å². The first-order valence-electron chi connectivity index (χ1n) is 11.1. The van der Waals surface area contributed by atoms with Gasteiger partial charge >= 0.3 is 0 Å². The van der Waals surface area contributed by atoms with Gasteiger partial charge in [0, 0.05) is 12.5 Å². The predicted octanol–water partition coefficient (Wildman–Crippen LogP) is 4.90. The maximum Gasteiger partial charge on any atom is 0.123 e. The lowest BCUT2D eigenvalue weighted by Crippen LogP contribution is -2.54. The molecule has 1 fully saturated rings. The number of rotatable bonds is 8. The number of piperidine rings is 1. The van der Waals surface area contributed by atoms with E-state index in [-0.39, 0.29) is 18.0 Å². The monoisotopic (exact) mass is 435 g/mol. The van der Waals surface area contributed by atoms with Crippen molar-refractivity contribution in [1.29, 1.82) is 0 Å². The summed E-state index contributed by atoms with van der Waals surface area (Å²) < 4.78 is 25.2. The third kappa shape index (κ3) is 6.09. The molecule has 1 aliphatic rings. The van der Waals surface area contributed by atoms with Crippen molar-refractivity contribution in [2.75, 3.05) is 6.54 Å². The molecule has 0 aliphatic carbocycles. The predicted molar refractivity (Wildman–Crippen MR) is 123 cm³/mol. The Balaban J connectivity index is 1.30. The zero-order valence-electron chi connectivity index (χ0n) is 18.3. The van der Waals surface area contributed by atoms with E-state index < -0.39 is 5.60 Å². The minimum Gasteiger partial charge on any atom is -0.489 e. The highest BCUT2D eigenvalue weighted by atomic mass is 19.1. The van der Waals surface area contributed by atoms with E-state index in [0.29, 0.717) is 32.4 Å². The average molecular weight is 436 g/mol. The first-order valence-corrected chi connectivity index (χ1v) is 11.1. The molecular formula is C27H30FNO3. The fraction of sp³-hybridized carbons (Fsp3) is 0.333. The van der Waals surface area contributed by atoms with Crippen molar-refractivity contribution in [3.05, 3.63) is 95.8 Å². The summed E-state index contributed by atoms with van der Waals surface area (Å²) in [5, 5.41) is 14.6. The molecule has 0 radical (unpaired) electrons. The van der Waals surface area contributed by atoms with E-state index in [0.717, 1.165) is 22.6 Å². The van der Waals surface area contributed by atoms with Gasteiger partial charge in [-0.25, -0.2) is 4.39 Å². The number of halogens is 1. The van der Waals surface area contributed by atoms with E-state index in [2.05, 4.69) is 5.32 Å². The summed E-state index contributed by atoms with van der Waals surface area (Å²) in [6.45, 7) is 3.25. The molecule has 5 heteroatoms. The van der Waals surface area contributed by atoms with Crippen LogP contribution < -0.4 is 14.8 Å². The normalized spacial score (nSPS) is 21.7. The molecule has 0 bridgehead atoms. The molecule has 3 aromatic rings. The lowest BCUT2D eigenvalue weighted by molar-refractivity contribution is -0.0206. The van der Waals surface area contributed by atoms with Crippen LogP contribution in [0.3, 0.4) is 0 Å². The van der Waals surface area contributed by atoms with Crippen molar-refractivity contribution in [1.82, 2.24) is 5.32 Å². The molecule has 4 nitrogen and oxygen atoms in total. The number of hydrogen-bond acceptors (Lipinski definition) is 4. The second kappa shape index (κ2) is 10.2. The third-order valence-corrected chi connectivity index (χ3v) is 6.00. The summed E-state index contributed by atoms with van der Waals surface area (Å²) in [5.41, 5.74) is 1.23. The molecule has 0 spiro atoms. The van der Waals surface area contributed by atoms with Crippen molar-refractivity contribution >= 4 is 0 Å². The van der Waals surface area contributed by atoms with Crippen molar-refractivity contribution < 1.29 is 19.0 Å². The second-order valence-corrected chi connectivity index (χ2v) is 8.61. The lowest BCUT2D eigenvalue weighted by atomic mass is 9.81. The summed E-state index contributed by atoms with van der Waals surface area (Å²) in [7, 11) is 0. The molecule has 1 aliphatic heterocycles. The van der Waals surface area contributed by atoms with Crippen LogP contribution in [0.4, 0.5) is 4.39 Å². The van der Waals surface area contributed by atoms with Gasteiger partial charge in [-0.05, 0) is 73.8 Å². The highest BCUT2D eigenvalue weighted by molar-refractivity contribution is 5.32. The van der Waals surface area contributed by atoms with E-state index in [4.69, 9.17) is 9.47 Å². The molecule has 0 amide bonds. The molecule has 0 saturated carbocycles. The minimum atomic E-state index is -0.833. The first-order chi connectivity index (χ1) is 15.5. The molecule has 1 heterocycles. The molecule has 3 atom stereocenters. The minimum absolute atomic E-state index is 0.0169. The summed E-state index contributed by atoms with van der Waals surface area (Å²) in [5.74, 6) is 1.29. The van der Waals surface area contributed by atoms with Crippen LogP contribution in [-0.2, 0) is 13.0 Å². The van der Waals surface area contributed by atoms with Gasteiger partial charge in [-0.2, -0.15) is 0 Å². The Bertz CT molecular complexity index is 978. The van der Waals surface area contributed by atoms with Crippen molar-refractivity contribution in [2.45, 2.75) is 50.5 Å². The molecule has 168 valence electrons. The lowest BCUT2D eigenvalue weighted by Gasteiger charge is -2.40. The van der Waals surface area contributed by atoms with Crippen molar-refractivity contribution in [3.8, 4) is 11.5 Å². The SMILES string of the molecule is CC(Oc1ccc(OCc2ccccc2)cc1)C1CC(O)(Cc2ccc(F)cc2)CCN1. The van der Waals surface area contributed by atoms with Gasteiger partial charge in [0.1, 0.15) is 30.0 Å². The molecule has 1 saturated heterocycles. The molecular weight excluding hydrogens is 405 g/mol. The highest BCUT2D eigenvalue weighted by Crippen LogP contribution is 2.29. The van der Waals surface area contributed by atoms with E-state index >= 15 is 0 Å². The fourth-order valence-electron chi connectivity index (χ4n) is 4.20. The molecule has 32 heavy (non-hydrogen) atoms. The number of hydrogen-bond donors (Lipinski definition) is 2. The van der Waals surface area contributed by atoms with E-state index in [1.807, 2.05) is 61.5 Å². The maximum absolute atomic E-state index is 13.2. The van der Waals surface area contributed by atoms with Crippen LogP contribution in [0.25, 0.3) is 0 Å². The topological polar surface area (TPSA) is 50.7 Å². The molecule has 0 aromatic heterocycles. The Morgan fingerprint density at radius 1 is 0.969 bits per heavy atom. The molecule has 3 aromatic carbocycles. The molecule has 2 N–H and O–H groups in total. The van der Waals surface area contributed by atoms with E-state index in [1.165, 1.54) is 12.1 Å². The Hall–Kier alpha value is -2.89. The van der Waals surface area contributed by atoms with Gasteiger partial charge in [0.2, 0.25) is 0 Å². The van der Waals surface area contributed by atoms with Gasteiger partial charge in [-0.15, -0.1) is 0 Å². The maximum atomic E-state index is 13.2. The van der Waals surface area contributed by atoms with Crippen LogP contribution in [-0.4, -0.2) is 29.4 Å². The quantitative estimate of drug-likeness (QED) is 0.529. The highest BCUT2D eigenvalue weighted by Gasteiger charge is 2.37. The summed E-state index contributed by atoms with van der Waals surface area (Å²) in [4.78, 5) is 0. The van der Waals surface area contributed by atoms with Crippen molar-refractivity contribution in [2.24, 2.45) is 0 Å². The number of nitrogens with one attached hydrogen (secondary N) is 1. The number of ether oxygens (including phenoxy) is 2. The average Bonchev–Trinajstić information content (AvgIpc) is 2.81. The Morgan fingerprint density at radius 2 is 1.66 bits per heavy atom. The first kappa shape index (κ1) is 22.3. The van der Waals surface area contributed by atoms with Crippen molar-refractivity contribution in [3.63, 3.8) is 0 Å². The van der Waals surface area contributed by atoms with Crippen LogP contribution in [0.2, 0.25) is 0 Å². The summed E-state index contributed by atoms with van der Waals surface area (Å²) in [6, 6.07) is 24.1. The zero-order valence-corrected chi connectivity index (χ0v) is 18.3. The Morgan fingerprint density at radius 3 is 2.38 bits per heavy atom. The van der Waals surface area contributed by atoms with Crippen LogP contribution in [0.1, 0.15) is 30.9 Å². The van der Waals surface area contributed by atoms with Crippen LogP contribution in [0, 0.1) is 5.82 Å². The third-order valence-electron chi connectivity index (χ3n) is 6.00. The van der Waals surface area contributed by atoms with Gasteiger partial charge in [0.05, 0.1) is 5.60 Å². The van der Waals surface area contributed by atoms with Gasteiger partial charge in [-0.3, -0.25) is 0 Å².